The zero-order valence-electron chi connectivity index (χ0n) is 11.6. The lowest BCUT2D eigenvalue weighted by Crippen LogP contribution is -2.06. The number of nitrogens with two attached hydrogens (primary N) is 1. The molecule has 0 spiro atoms. The smallest absolute Gasteiger partial charge is 0.194 e. The molecule has 0 bridgehead atoms. The molecule has 2 nitrogen and oxygen atoms in total. The first-order valence-electron chi connectivity index (χ1n) is 6.18. The Labute approximate surface area is 122 Å². The van der Waals surface area contributed by atoms with Gasteiger partial charge in [-0.1, -0.05) is 11.6 Å². The highest BCUT2D eigenvalue weighted by Gasteiger charge is 2.16. The molecule has 0 saturated carbocycles. The van der Waals surface area contributed by atoms with E-state index in [4.69, 9.17) is 17.3 Å². The molecule has 0 atom stereocenters. The number of halogens is 2. The number of carbonyl (C=O) groups excluding carboxylic acids is 1. The number of ketones is 1. The fraction of sp³-hybridized carbons (Fsp3) is 0.188. The van der Waals surface area contributed by atoms with Crippen LogP contribution in [-0.2, 0) is 0 Å². The molecule has 0 unspecified atom stereocenters. The van der Waals surface area contributed by atoms with E-state index in [0.29, 0.717) is 16.1 Å². The molecule has 0 amide bonds. The molecule has 0 radical (unpaired) electrons. The van der Waals surface area contributed by atoms with Crippen LogP contribution in [0.3, 0.4) is 0 Å². The number of benzene rings is 2. The van der Waals surface area contributed by atoms with Crippen LogP contribution in [-0.4, -0.2) is 5.78 Å². The van der Waals surface area contributed by atoms with E-state index < -0.39 is 5.82 Å². The Balaban J connectivity index is 2.55. The molecule has 2 aromatic carbocycles. The predicted molar refractivity (Wildman–Crippen MR) is 79.9 cm³/mol. The SMILES string of the molecule is Cc1cc(Cl)c(C(=O)c2cc(N)c(C)c(F)c2)cc1C. The first kappa shape index (κ1) is 14.5. The number of carbonyl (C=O) groups is 1. The van der Waals surface area contributed by atoms with E-state index in [1.165, 1.54) is 12.1 Å². The highest BCUT2D eigenvalue weighted by atomic mass is 35.5. The van der Waals surface area contributed by atoms with Gasteiger partial charge in [0, 0.05) is 22.4 Å². The topological polar surface area (TPSA) is 43.1 Å². The molecule has 0 aliphatic carbocycles. The van der Waals surface area contributed by atoms with Crippen molar-refractivity contribution in [2.45, 2.75) is 20.8 Å². The maximum atomic E-state index is 13.7. The number of anilines is 1. The Morgan fingerprint density at radius 1 is 1.10 bits per heavy atom. The molecular weight excluding hydrogens is 277 g/mol. The summed E-state index contributed by atoms with van der Waals surface area (Å²) in [5, 5.41) is 0.359. The van der Waals surface area contributed by atoms with Gasteiger partial charge in [0.1, 0.15) is 5.82 Å². The van der Waals surface area contributed by atoms with Gasteiger partial charge in [0.05, 0.1) is 5.02 Å². The zero-order valence-corrected chi connectivity index (χ0v) is 12.3. The van der Waals surface area contributed by atoms with E-state index in [-0.39, 0.29) is 17.0 Å². The number of aryl methyl sites for hydroxylation is 2. The zero-order chi connectivity index (χ0) is 15.0. The summed E-state index contributed by atoms with van der Waals surface area (Å²) in [5.41, 5.74) is 8.82. The molecular formula is C16H15ClFNO. The Hall–Kier alpha value is -1.87. The van der Waals surface area contributed by atoms with Crippen molar-refractivity contribution in [3.8, 4) is 0 Å². The predicted octanol–water partition coefficient (Wildman–Crippen LogP) is 4.22. The monoisotopic (exact) mass is 291 g/mol. The molecule has 0 fully saturated rings. The van der Waals surface area contributed by atoms with Crippen LogP contribution in [0.2, 0.25) is 5.02 Å². The van der Waals surface area contributed by atoms with Gasteiger partial charge in [0.15, 0.2) is 5.78 Å². The van der Waals surface area contributed by atoms with Crippen molar-refractivity contribution in [2.75, 3.05) is 5.73 Å². The van der Waals surface area contributed by atoms with E-state index in [2.05, 4.69) is 0 Å². The molecule has 2 rings (SSSR count). The average molecular weight is 292 g/mol. The lowest BCUT2D eigenvalue weighted by atomic mass is 9.97. The standard InChI is InChI=1S/C16H15ClFNO/c1-8-4-12(13(17)5-9(8)2)16(20)11-6-14(18)10(3)15(19)7-11/h4-7H,19H2,1-3H3. The molecule has 20 heavy (non-hydrogen) atoms. The molecule has 104 valence electrons. The normalized spacial score (nSPS) is 10.7. The Kier molecular flexibility index (Phi) is 3.82. The summed E-state index contributed by atoms with van der Waals surface area (Å²) in [6.45, 7) is 5.38. The van der Waals surface area contributed by atoms with Crippen molar-refractivity contribution >= 4 is 23.1 Å². The van der Waals surface area contributed by atoms with Crippen molar-refractivity contribution in [2.24, 2.45) is 0 Å². The van der Waals surface area contributed by atoms with Crippen molar-refractivity contribution < 1.29 is 9.18 Å². The second-order valence-corrected chi connectivity index (χ2v) is 5.32. The fourth-order valence-electron chi connectivity index (χ4n) is 1.94. The minimum absolute atomic E-state index is 0.204. The fourth-order valence-corrected chi connectivity index (χ4v) is 2.25. The third-order valence-corrected chi connectivity index (χ3v) is 3.79. The summed E-state index contributed by atoms with van der Waals surface area (Å²) >= 11 is 6.11. The number of hydrogen-bond acceptors (Lipinski definition) is 2. The molecule has 0 aromatic heterocycles. The van der Waals surface area contributed by atoms with Gasteiger partial charge in [0.25, 0.3) is 0 Å². The van der Waals surface area contributed by atoms with Crippen LogP contribution in [0.4, 0.5) is 10.1 Å². The van der Waals surface area contributed by atoms with Gasteiger partial charge in [-0.25, -0.2) is 4.39 Å². The Bertz CT molecular complexity index is 687. The van der Waals surface area contributed by atoms with Crippen LogP contribution >= 0.6 is 11.6 Å². The third kappa shape index (κ3) is 2.54. The van der Waals surface area contributed by atoms with Gasteiger partial charge in [-0.15, -0.1) is 0 Å². The van der Waals surface area contributed by atoms with Crippen molar-refractivity contribution in [3.05, 3.63) is 62.9 Å². The summed E-state index contributed by atoms with van der Waals surface area (Å²) < 4.78 is 13.7. The number of nitrogen functional groups attached to an aromatic ring is 1. The van der Waals surface area contributed by atoms with Crippen molar-refractivity contribution in [3.63, 3.8) is 0 Å². The highest BCUT2D eigenvalue weighted by molar-refractivity contribution is 6.35. The summed E-state index contributed by atoms with van der Waals surface area (Å²) in [5.74, 6) is -0.822. The lowest BCUT2D eigenvalue weighted by Gasteiger charge is -2.09. The Morgan fingerprint density at radius 2 is 1.70 bits per heavy atom. The first-order chi connectivity index (χ1) is 9.31. The van der Waals surface area contributed by atoms with E-state index in [1.54, 1.807) is 19.1 Å². The largest absolute Gasteiger partial charge is 0.398 e. The quantitative estimate of drug-likeness (QED) is 0.665. The number of hydrogen-bond donors (Lipinski definition) is 1. The first-order valence-corrected chi connectivity index (χ1v) is 6.56. The molecule has 4 heteroatoms. The van der Waals surface area contributed by atoms with Crippen LogP contribution in [0.5, 0.6) is 0 Å². The van der Waals surface area contributed by atoms with Crippen LogP contribution in [0, 0.1) is 26.6 Å². The Morgan fingerprint density at radius 3 is 2.30 bits per heavy atom. The number of rotatable bonds is 2. The van der Waals surface area contributed by atoms with Crippen LogP contribution < -0.4 is 5.73 Å². The van der Waals surface area contributed by atoms with Crippen LogP contribution in [0.25, 0.3) is 0 Å². The molecule has 2 aromatic rings. The molecule has 0 heterocycles. The molecule has 0 saturated heterocycles. The van der Waals surface area contributed by atoms with E-state index in [0.717, 1.165) is 11.1 Å². The molecule has 2 N–H and O–H groups in total. The van der Waals surface area contributed by atoms with E-state index in [9.17, 15) is 9.18 Å². The lowest BCUT2D eigenvalue weighted by molar-refractivity contribution is 0.103. The third-order valence-electron chi connectivity index (χ3n) is 3.47. The summed E-state index contributed by atoms with van der Waals surface area (Å²) in [7, 11) is 0. The second-order valence-electron chi connectivity index (χ2n) is 4.92. The maximum Gasteiger partial charge on any atom is 0.194 e. The molecule has 0 aliphatic heterocycles. The van der Waals surface area contributed by atoms with Crippen LogP contribution in [0.15, 0.2) is 24.3 Å². The summed E-state index contributed by atoms with van der Waals surface area (Å²) in [6, 6.07) is 6.12. The van der Waals surface area contributed by atoms with Gasteiger partial charge in [-0.3, -0.25) is 4.79 Å². The highest BCUT2D eigenvalue weighted by Crippen LogP contribution is 2.25. The van der Waals surface area contributed by atoms with Crippen molar-refractivity contribution in [1.82, 2.24) is 0 Å². The maximum absolute atomic E-state index is 13.7. The average Bonchev–Trinajstić information content (AvgIpc) is 2.38. The van der Waals surface area contributed by atoms with Crippen molar-refractivity contribution in [1.29, 1.82) is 0 Å². The minimum Gasteiger partial charge on any atom is -0.398 e. The van der Waals surface area contributed by atoms with Gasteiger partial charge in [-0.2, -0.15) is 0 Å². The van der Waals surface area contributed by atoms with E-state index >= 15 is 0 Å². The van der Waals surface area contributed by atoms with Gasteiger partial charge < -0.3 is 5.73 Å². The molecule has 0 aliphatic rings. The minimum atomic E-state index is -0.492. The van der Waals surface area contributed by atoms with Crippen LogP contribution in [0.1, 0.15) is 32.6 Å². The second kappa shape index (κ2) is 5.25. The summed E-state index contributed by atoms with van der Waals surface area (Å²) in [4.78, 5) is 12.4. The van der Waals surface area contributed by atoms with Gasteiger partial charge in [-0.05, 0) is 56.2 Å². The summed E-state index contributed by atoms with van der Waals surface area (Å²) in [6.07, 6.45) is 0. The van der Waals surface area contributed by atoms with Gasteiger partial charge in [0.2, 0.25) is 0 Å². The van der Waals surface area contributed by atoms with E-state index in [1.807, 2.05) is 13.8 Å². The van der Waals surface area contributed by atoms with Gasteiger partial charge >= 0.3 is 0 Å².